The maximum Gasteiger partial charge on any atom is 0.304 e. The smallest absolute Gasteiger partial charge is 0.304 e. The van der Waals surface area contributed by atoms with E-state index in [0.29, 0.717) is 48.3 Å². The van der Waals surface area contributed by atoms with Crippen LogP contribution in [0, 0.1) is 0 Å². The Morgan fingerprint density at radius 2 is 1.76 bits per heavy atom. The molecule has 7 heteroatoms. The largest absolute Gasteiger partial charge is 0.481 e. The molecule has 0 radical (unpaired) electrons. The molecule has 2 rings (SSSR count). The molecule has 21 heavy (non-hydrogen) atoms. The van der Waals surface area contributed by atoms with Crippen molar-refractivity contribution in [1.82, 2.24) is 9.80 Å². The monoisotopic (exact) mass is 330 g/mol. The van der Waals surface area contributed by atoms with Crippen molar-refractivity contribution in [2.24, 2.45) is 0 Å². The highest BCUT2D eigenvalue weighted by molar-refractivity contribution is 6.42. The fourth-order valence-electron chi connectivity index (χ4n) is 2.24. The Labute approximate surface area is 133 Å². The van der Waals surface area contributed by atoms with Gasteiger partial charge in [0.2, 0.25) is 0 Å². The molecule has 1 aromatic rings. The van der Waals surface area contributed by atoms with Crippen LogP contribution in [0.3, 0.4) is 0 Å². The molecule has 5 nitrogen and oxygen atoms in total. The summed E-state index contributed by atoms with van der Waals surface area (Å²) in [5, 5.41) is 9.45. The van der Waals surface area contributed by atoms with Crippen molar-refractivity contribution in [3.63, 3.8) is 0 Å². The maximum absolute atomic E-state index is 12.3. The highest BCUT2D eigenvalue weighted by Crippen LogP contribution is 2.23. The number of halogens is 2. The molecule has 1 aliphatic rings. The molecule has 0 aromatic heterocycles. The second kappa shape index (κ2) is 7.11. The van der Waals surface area contributed by atoms with Crippen LogP contribution in [0.5, 0.6) is 0 Å². The summed E-state index contributed by atoms with van der Waals surface area (Å²) in [6, 6.07) is 4.84. The van der Waals surface area contributed by atoms with E-state index in [1.165, 1.54) is 0 Å². The zero-order chi connectivity index (χ0) is 15.4. The minimum Gasteiger partial charge on any atom is -0.481 e. The molecule has 0 bridgehead atoms. The van der Waals surface area contributed by atoms with Crippen LogP contribution in [0.1, 0.15) is 16.8 Å². The van der Waals surface area contributed by atoms with Gasteiger partial charge in [0.1, 0.15) is 0 Å². The third-order valence-corrected chi connectivity index (χ3v) is 4.21. The summed E-state index contributed by atoms with van der Waals surface area (Å²) in [5.74, 6) is -0.879. The maximum atomic E-state index is 12.3. The number of nitrogens with zero attached hydrogens (tertiary/aromatic N) is 2. The minimum absolute atomic E-state index is 0.0774. The Morgan fingerprint density at radius 3 is 2.33 bits per heavy atom. The Hall–Kier alpha value is -1.30. The quantitative estimate of drug-likeness (QED) is 0.919. The summed E-state index contributed by atoms with van der Waals surface area (Å²) in [6.45, 7) is 3.04. The van der Waals surface area contributed by atoms with Gasteiger partial charge < -0.3 is 10.0 Å². The Kier molecular flexibility index (Phi) is 5.45. The average molecular weight is 331 g/mol. The number of piperazine rings is 1. The number of hydrogen-bond donors (Lipinski definition) is 1. The van der Waals surface area contributed by atoms with Gasteiger partial charge in [0.25, 0.3) is 5.91 Å². The molecule has 0 aliphatic carbocycles. The lowest BCUT2D eigenvalue weighted by molar-refractivity contribution is -0.137. The molecular weight excluding hydrogens is 315 g/mol. The van der Waals surface area contributed by atoms with Crippen LogP contribution < -0.4 is 0 Å². The van der Waals surface area contributed by atoms with E-state index in [1.54, 1.807) is 23.1 Å². The number of hydrogen-bond acceptors (Lipinski definition) is 3. The lowest BCUT2D eigenvalue weighted by Gasteiger charge is -2.34. The topological polar surface area (TPSA) is 60.9 Å². The van der Waals surface area contributed by atoms with Crippen LogP contribution in [0.4, 0.5) is 0 Å². The van der Waals surface area contributed by atoms with Gasteiger partial charge in [0.15, 0.2) is 0 Å². The normalized spacial score (nSPS) is 16.0. The van der Waals surface area contributed by atoms with E-state index in [9.17, 15) is 9.59 Å². The molecule has 0 spiro atoms. The lowest BCUT2D eigenvalue weighted by atomic mass is 10.2. The molecule has 1 fully saturated rings. The standard InChI is InChI=1S/C14H16Cl2N2O3/c15-11-2-1-10(9-12(11)16)14(21)18-7-5-17(6-8-18)4-3-13(19)20/h1-2,9H,3-8H2,(H,19,20). The first-order valence-corrected chi connectivity index (χ1v) is 7.41. The van der Waals surface area contributed by atoms with Gasteiger partial charge in [-0.05, 0) is 18.2 Å². The predicted molar refractivity (Wildman–Crippen MR) is 81.1 cm³/mol. The number of carboxylic acid groups (broad SMARTS) is 1. The van der Waals surface area contributed by atoms with Crippen LogP contribution in [0.2, 0.25) is 10.0 Å². The summed E-state index contributed by atoms with van der Waals surface area (Å²) >= 11 is 11.8. The molecule has 1 saturated heterocycles. The van der Waals surface area contributed by atoms with Crippen molar-refractivity contribution in [3.05, 3.63) is 33.8 Å². The third kappa shape index (κ3) is 4.33. The van der Waals surface area contributed by atoms with Crippen molar-refractivity contribution < 1.29 is 14.7 Å². The van der Waals surface area contributed by atoms with E-state index in [0.717, 1.165) is 0 Å². The van der Waals surface area contributed by atoms with Crippen molar-refractivity contribution in [3.8, 4) is 0 Å². The van der Waals surface area contributed by atoms with E-state index in [4.69, 9.17) is 28.3 Å². The fourth-order valence-corrected chi connectivity index (χ4v) is 2.54. The van der Waals surface area contributed by atoms with E-state index in [-0.39, 0.29) is 12.3 Å². The first kappa shape index (κ1) is 16.1. The molecule has 0 unspecified atom stereocenters. The molecule has 1 aromatic carbocycles. The molecule has 1 heterocycles. The van der Waals surface area contributed by atoms with Gasteiger partial charge in [0.05, 0.1) is 16.5 Å². The molecule has 1 amide bonds. The molecule has 0 atom stereocenters. The molecule has 1 N–H and O–H groups in total. The number of amides is 1. The number of aliphatic carboxylic acids is 1. The average Bonchev–Trinajstić information content (AvgIpc) is 2.48. The lowest BCUT2D eigenvalue weighted by Crippen LogP contribution is -2.49. The van der Waals surface area contributed by atoms with Gasteiger partial charge >= 0.3 is 5.97 Å². The van der Waals surface area contributed by atoms with E-state index < -0.39 is 5.97 Å². The summed E-state index contributed by atoms with van der Waals surface area (Å²) in [5.41, 5.74) is 0.517. The van der Waals surface area contributed by atoms with Crippen molar-refractivity contribution in [1.29, 1.82) is 0 Å². The van der Waals surface area contributed by atoms with Crippen LogP contribution in [0.25, 0.3) is 0 Å². The molecular formula is C14H16Cl2N2O3. The van der Waals surface area contributed by atoms with E-state index in [2.05, 4.69) is 0 Å². The van der Waals surface area contributed by atoms with Crippen molar-refractivity contribution in [2.45, 2.75) is 6.42 Å². The van der Waals surface area contributed by atoms with Gasteiger partial charge in [-0.2, -0.15) is 0 Å². The highest BCUT2D eigenvalue weighted by atomic mass is 35.5. The number of carboxylic acids is 1. The van der Waals surface area contributed by atoms with Crippen LogP contribution >= 0.6 is 23.2 Å². The van der Waals surface area contributed by atoms with Gasteiger partial charge in [-0.3, -0.25) is 14.5 Å². The Morgan fingerprint density at radius 1 is 1.10 bits per heavy atom. The molecule has 1 aliphatic heterocycles. The number of carbonyl (C=O) groups is 2. The molecule has 114 valence electrons. The highest BCUT2D eigenvalue weighted by Gasteiger charge is 2.22. The van der Waals surface area contributed by atoms with Crippen LogP contribution in [-0.4, -0.2) is 59.5 Å². The van der Waals surface area contributed by atoms with E-state index in [1.807, 2.05) is 4.90 Å². The zero-order valence-corrected chi connectivity index (χ0v) is 12.9. The summed E-state index contributed by atoms with van der Waals surface area (Å²) in [6.07, 6.45) is 0.126. The van der Waals surface area contributed by atoms with Crippen molar-refractivity contribution >= 4 is 35.1 Å². The summed E-state index contributed by atoms with van der Waals surface area (Å²) in [7, 11) is 0. The van der Waals surface area contributed by atoms with Crippen molar-refractivity contribution in [2.75, 3.05) is 32.7 Å². The number of benzene rings is 1. The van der Waals surface area contributed by atoms with E-state index >= 15 is 0 Å². The SMILES string of the molecule is O=C(O)CCN1CCN(C(=O)c2ccc(Cl)c(Cl)c2)CC1. The third-order valence-electron chi connectivity index (χ3n) is 3.47. The van der Waals surface area contributed by atoms with Crippen LogP contribution in [0.15, 0.2) is 18.2 Å². The zero-order valence-electron chi connectivity index (χ0n) is 11.4. The van der Waals surface area contributed by atoms with Gasteiger partial charge in [-0.1, -0.05) is 23.2 Å². The first-order valence-electron chi connectivity index (χ1n) is 6.66. The summed E-state index contributed by atoms with van der Waals surface area (Å²) < 4.78 is 0. The Balaban J connectivity index is 1.90. The Bertz CT molecular complexity index is 543. The number of rotatable bonds is 4. The second-order valence-electron chi connectivity index (χ2n) is 4.91. The van der Waals surface area contributed by atoms with Gasteiger partial charge in [0, 0.05) is 38.3 Å². The van der Waals surface area contributed by atoms with Gasteiger partial charge in [-0.25, -0.2) is 0 Å². The fraction of sp³-hybridized carbons (Fsp3) is 0.429. The van der Waals surface area contributed by atoms with Crippen LogP contribution in [-0.2, 0) is 4.79 Å². The summed E-state index contributed by atoms with van der Waals surface area (Å²) in [4.78, 5) is 26.7. The number of carbonyl (C=O) groups excluding carboxylic acids is 1. The molecule has 0 saturated carbocycles. The second-order valence-corrected chi connectivity index (χ2v) is 5.72. The minimum atomic E-state index is -0.802. The van der Waals surface area contributed by atoms with Gasteiger partial charge in [-0.15, -0.1) is 0 Å². The first-order chi connectivity index (χ1) is 9.97. The predicted octanol–water partition coefficient (Wildman–Crippen LogP) is 2.23.